The van der Waals surface area contributed by atoms with Crippen molar-refractivity contribution in [3.63, 3.8) is 0 Å². The van der Waals surface area contributed by atoms with Crippen LogP contribution in [0.15, 0.2) is 22.7 Å². The zero-order valence-corrected chi connectivity index (χ0v) is 11.9. The Kier molecular flexibility index (Phi) is 4.40. The molecule has 0 aliphatic heterocycles. The normalized spacial score (nSPS) is 20.1. The number of hydrogen-bond acceptors (Lipinski definition) is 3. The number of esters is 1. The summed E-state index contributed by atoms with van der Waals surface area (Å²) in [5.74, 6) is -0.527. The van der Waals surface area contributed by atoms with Gasteiger partial charge in [-0.1, -0.05) is 22.0 Å². The molecule has 0 aromatic heterocycles. The van der Waals surface area contributed by atoms with Gasteiger partial charge >= 0.3 is 5.97 Å². The first kappa shape index (κ1) is 13.6. The molecule has 0 heterocycles. The van der Waals surface area contributed by atoms with E-state index in [4.69, 9.17) is 4.74 Å². The van der Waals surface area contributed by atoms with Gasteiger partial charge in [-0.25, -0.2) is 4.79 Å². The van der Waals surface area contributed by atoms with E-state index in [1.54, 1.807) is 6.92 Å². The third-order valence-corrected chi connectivity index (χ3v) is 3.90. The molecule has 1 aromatic carbocycles. The molecule has 0 spiro atoms. The summed E-state index contributed by atoms with van der Waals surface area (Å²) < 4.78 is 5.94. The van der Waals surface area contributed by atoms with Crippen LogP contribution in [0, 0.1) is 5.92 Å². The number of aryl methyl sites for hydroxylation is 1. The number of aliphatic hydroxyl groups excluding tert-OH is 1. The van der Waals surface area contributed by atoms with E-state index in [-0.39, 0.29) is 5.92 Å². The zero-order chi connectivity index (χ0) is 13.1. The lowest BCUT2D eigenvalue weighted by molar-refractivity contribution is -0.156. The number of aliphatic hydroxyl groups is 1. The second-order valence-corrected chi connectivity index (χ2v) is 5.53. The molecule has 1 aliphatic rings. The lowest BCUT2D eigenvalue weighted by Crippen LogP contribution is -2.34. The minimum absolute atomic E-state index is 0.0299. The van der Waals surface area contributed by atoms with Crippen molar-refractivity contribution in [3.05, 3.63) is 33.8 Å². The topological polar surface area (TPSA) is 46.5 Å². The minimum atomic E-state index is -0.998. The molecule has 2 unspecified atom stereocenters. The molecule has 0 bridgehead atoms. The van der Waals surface area contributed by atoms with Gasteiger partial charge in [0.25, 0.3) is 0 Å². The van der Waals surface area contributed by atoms with Crippen molar-refractivity contribution in [2.24, 2.45) is 5.92 Å². The van der Waals surface area contributed by atoms with Gasteiger partial charge in [0.2, 0.25) is 0 Å². The predicted octanol–water partition coefficient (Wildman–Crippen LogP) is 2.48. The van der Waals surface area contributed by atoms with Crippen LogP contribution in [-0.4, -0.2) is 23.8 Å². The molecule has 98 valence electrons. The Morgan fingerprint density at radius 2 is 2.33 bits per heavy atom. The second-order valence-electron chi connectivity index (χ2n) is 4.61. The Hall–Kier alpha value is -0.870. The molecular weight excluding hydrogens is 296 g/mol. The Balaban J connectivity index is 2.07. The van der Waals surface area contributed by atoms with Crippen LogP contribution in [0.25, 0.3) is 0 Å². The number of fused-ring (bicyclic) bond motifs is 1. The Morgan fingerprint density at radius 1 is 1.56 bits per heavy atom. The molecule has 2 atom stereocenters. The number of hydrogen-bond donors (Lipinski definition) is 1. The lowest BCUT2D eigenvalue weighted by Gasteiger charge is -2.27. The van der Waals surface area contributed by atoms with Crippen LogP contribution >= 0.6 is 15.9 Å². The Bertz CT molecular complexity index is 445. The molecule has 4 heteroatoms. The van der Waals surface area contributed by atoms with Crippen LogP contribution in [0.3, 0.4) is 0 Å². The van der Waals surface area contributed by atoms with E-state index in [2.05, 4.69) is 28.1 Å². The molecule has 18 heavy (non-hydrogen) atoms. The van der Waals surface area contributed by atoms with Gasteiger partial charge < -0.3 is 9.84 Å². The summed E-state index contributed by atoms with van der Waals surface area (Å²) in [5, 5.41) is 9.97. The Labute approximate surface area is 115 Å². The number of rotatable bonds is 3. The fourth-order valence-corrected chi connectivity index (χ4v) is 2.85. The summed E-state index contributed by atoms with van der Waals surface area (Å²) in [6.45, 7) is 2.06. The van der Waals surface area contributed by atoms with Crippen molar-refractivity contribution in [1.29, 1.82) is 0 Å². The van der Waals surface area contributed by atoms with Gasteiger partial charge in [0.15, 0.2) is 6.10 Å². The highest BCUT2D eigenvalue weighted by Crippen LogP contribution is 2.30. The van der Waals surface area contributed by atoms with Crippen molar-refractivity contribution in [3.8, 4) is 0 Å². The van der Waals surface area contributed by atoms with Gasteiger partial charge in [-0.2, -0.15) is 0 Å². The fourth-order valence-electron chi connectivity index (χ4n) is 2.44. The molecule has 0 amide bonds. The van der Waals surface area contributed by atoms with Gasteiger partial charge in [0, 0.05) is 4.47 Å². The highest BCUT2D eigenvalue weighted by molar-refractivity contribution is 9.10. The van der Waals surface area contributed by atoms with E-state index >= 15 is 0 Å². The van der Waals surface area contributed by atoms with E-state index in [0.717, 1.165) is 23.7 Å². The molecule has 0 saturated carbocycles. The summed E-state index contributed by atoms with van der Waals surface area (Å²) >= 11 is 3.45. The standard InChI is InChI=1S/C14H17BrO3/c1-2-18-14(17)13(16)11-4-3-10-8-12(15)6-5-9(10)7-11/h5-6,8,11,13,16H,2-4,7H2,1H3. The van der Waals surface area contributed by atoms with Gasteiger partial charge in [-0.3, -0.25) is 0 Å². The highest BCUT2D eigenvalue weighted by Gasteiger charge is 2.30. The van der Waals surface area contributed by atoms with E-state index in [0.29, 0.717) is 6.61 Å². The van der Waals surface area contributed by atoms with Crippen LogP contribution < -0.4 is 0 Å². The average Bonchev–Trinajstić information content (AvgIpc) is 2.37. The van der Waals surface area contributed by atoms with Gasteiger partial charge in [-0.05, 0) is 55.4 Å². The maximum Gasteiger partial charge on any atom is 0.335 e. The molecule has 3 nitrogen and oxygen atoms in total. The van der Waals surface area contributed by atoms with Crippen LogP contribution in [0.2, 0.25) is 0 Å². The average molecular weight is 313 g/mol. The van der Waals surface area contributed by atoms with Gasteiger partial charge in [-0.15, -0.1) is 0 Å². The zero-order valence-electron chi connectivity index (χ0n) is 10.4. The maximum absolute atomic E-state index is 11.5. The number of benzene rings is 1. The number of carbonyl (C=O) groups excluding carboxylic acids is 1. The van der Waals surface area contributed by atoms with E-state index < -0.39 is 12.1 Å². The van der Waals surface area contributed by atoms with Crippen LogP contribution in [-0.2, 0) is 22.4 Å². The molecule has 0 fully saturated rings. The number of carbonyl (C=O) groups is 1. The molecule has 0 saturated heterocycles. The number of halogens is 1. The van der Waals surface area contributed by atoms with E-state index in [1.165, 1.54) is 11.1 Å². The van der Waals surface area contributed by atoms with E-state index in [1.807, 2.05) is 6.07 Å². The first-order chi connectivity index (χ1) is 8.61. The molecule has 0 radical (unpaired) electrons. The van der Waals surface area contributed by atoms with Crippen molar-refractivity contribution in [2.75, 3.05) is 6.61 Å². The van der Waals surface area contributed by atoms with Crippen molar-refractivity contribution in [1.82, 2.24) is 0 Å². The van der Waals surface area contributed by atoms with Crippen LogP contribution in [0.4, 0.5) is 0 Å². The minimum Gasteiger partial charge on any atom is -0.464 e. The predicted molar refractivity (Wildman–Crippen MR) is 72.3 cm³/mol. The fraction of sp³-hybridized carbons (Fsp3) is 0.500. The van der Waals surface area contributed by atoms with Crippen molar-refractivity contribution in [2.45, 2.75) is 32.3 Å². The van der Waals surface area contributed by atoms with Gasteiger partial charge in [0.05, 0.1) is 6.61 Å². The van der Waals surface area contributed by atoms with Crippen LogP contribution in [0.5, 0.6) is 0 Å². The molecule has 2 rings (SSSR count). The quantitative estimate of drug-likeness (QED) is 0.872. The molecule has 1 aliphatic carbocycles. The first-order valence-electron chi connectivity index (χ1n) is 6.23. The summed E-state index contributed by atoms with van der Waals surface area (Å²) in [7, 11) is 0. The highest BCUT2D eigenvalue weighted by atomic mass is 79.9. The van der Waals surface area contributed by atoms with Crippen LogP contribution in [0.1, 0.15) is 24.5 Å². The first-order valence-corrected chi connectivity index (χ1v) is 7.03. The third kappa shape index (κ3) is 2.93. The second kappa shape index (κ2) is 5.85. The Morgan fingerprint density at radius 3 is 3.06 bits per heavy atom. The largest absolute Gasteiger partial charge is 0.464 e. The van der Waals surface area contributed by atoms with Gasteiger partial charge in [0.1, 0.15) is 0 Å². The molecular formula is C14H17BrO3. The SMILES string of the molecule is CCOC(=O)C(O)C1CCc2cc(Br)ccc2C1. The summed E-state index contributed by atoms with van der Waals surface area (Å²) in [6.07, 6.45) is 1.46. The van der Waals surface area contributed by atoms with Crippen molar-refractivity contribution >= 4 is 21.9 Å². The monoisotopic (exact) mass is 312 g/mol. The summed E-state index contributed by atoms with van der Waals surface area (Å²) in [5.41, 5.74) is 2.52. The summed E-state index contributed by atoms with van der Waals surface area (Å²) in [4.78, 5) is 11.5. The van der Waals surface area contributed by atoms with E-state index in [9.17, 15) is 9.90 Å². The summed E-state index contributed by atoms with van der Waals surface area (Å²) in [6, 6.07) is 6.17. The lowest BCUT2D eigenvalue weighted by atomic mass is 9.81. The number of ether oxygens (including phenoxy) is 1. The maximum atomic E-state index is 11.5. The molecule has 1 N–H and O–H groups in total. The smallest absolute Gasteiger partial charge is 0.335 e. The van der Waals surface area contributed by atoms with Crippen molar-refractivity contribution < 1.29 is 14.6 Å². The molecule has 1 aromatic rings. The third-order valence-electron chi connectivity index (χ3n) is 3.41.